The Morgan fingerprint density at radius 2 is 1.94 bits per heavy atom. The van der Waals surface area contributed by atoms with Gasteiger partial charge in [-0.25, -0.2) is 0 Å². The number of hydrogen-bond acceptors (Lipinski definition) is 3. The molecule has 1 aromatic rings. The van der Waals surface area contributed by atoms with Crippen LogP contribution in [0.2, 0.25) is 0 Å². The fourth-order valence-corrected chi connectivity index (χ4v) is 3.19. The molecule has 0 amide bonds. The first kappa shape index (κ1) is 13.2. The quantitative estimate of drug-likeness (QED) is 0.897. The summed E-state index contributed by atoms with van der Waals surface area (Å²) in [6.07, 6.45) is 6.57. The van der Waals surface area contributed by atoms with Gasteiger partial charge in [0.2, 0.25) is 0 Å². The van der Waals surface area contributed by atoms with Crippen molar-refractivity contribution in [2.45, 2.75) is 52.0 Å². The fourth-order valence-electron chi connectivity index (χ4n) is 3.19. The van der Waals surface area contributed by atoms with Crippen LogP contribution in [-0.4, -0.2) is 22.9 Å². The Morgan fingerprint density at radius 3 is 2.39 bits per heavy atom. The standard InChI is InChI=1S/C14H26N4/c1-5-11-6-8-12(9-7-11)17(3)14-13(15)10(2)16-18(14)4/h11-12H,5-9,15H2,1-4H3. The average molecular weight is 250 g/mol. The number of nitrogen functional groups attached to an aromatic ring is 1. The lowest BCUT2D eigenvalue weighted by Gasteiger charge is -2.35. The highest BCUT2D eigenvalue weighted by Crippen LogP contribution is 2.33. The lowest BCUT2D eigenvalue weighted by Crippen LogP contribution is -2.36. The Labute approximate surface area is 110 Å². The van der Waals surface area contributed by atoms with Gasteiger partial charge in [0.05, 0.1) is 11.4 Å². The van der Waals surface area contributed by atoms with Gasteiger partial charge >= 0.3 is 0 Å². The van der Waals surface area contributed by atoms with Crippen molar-refractivity contribution in [3.8, 4) is 0 Å². The minimum atomic E-state index is 0.616. The van der Waals surface area contributed by atoms with E-state index >= 15 is 0 Å². The number of hydrogen-bond donors (Lipinski definition) is 1. The zero-order chi connectivity index (χ0) is 13.3. The molecule has 0 saturated heterocycles. The Balaban J connectivity index is 2.10. The normalized spacial score (nSPS) is 24.2. The number of rotatable bonds is 3. The van der Waals surface area contributed by atoms with E-state index in [0.29, 0.717) is 6.04 Å². The minimum Gasteiger partial charge on any atom is -0.394 e. The van der Waals surface area contributed by atoms with E-state index in [1.807, 2.05) is 18.7 Å². The van der Waals surface area contributed by atoms with Gasteiger partial charge in [-0.3, -0.25) is 4.68 Å². The van der Waals surface area contributed by atoms with Gasteiger partial charge < -0.3 is 10.6 Å². The molecule has 1 aromatic heterocycles. The van der Waals surface area contributed by atoms with Gasteiger partial charge in [0, 0.05) is 20.1 Å². The van der Waals surface area contributed by atoms with Gasteiger partial charge in [0.1, 0.15) is 5.82 Å². The predicted molar refractivity (Wildman–Crippen MR) is 76.8 cm³/mol. The molecule has 0 atom stereocenters. The van der Waals surface area contributed by atoms with E-state index < -0.39 is 0 Å². The fraction of sp³-hybridized carbons (Fsp3) is 0.786. The Kier molecular flexibility index (Phi) is 3.83. The molecule has 102 valence electrons. The Hall–Kier alpha value is -1.19. The summed E-state index contributed by atoms with van der Waals surface area (Å²) in [4.78, 5) is 2.33. The van der Waals surface area contributed by atoms with Crippen LogP contribution < -0.4 is 10.6 Å². The van der Waals surface area contributed by atoms with Gasteiger partial charge in [-0.1, -0.05) is 13.3 Å². The smallest absolute Gasteiger partial charge is 0.150 e. The van der Waals surface area contributed by atoms with Gasteiger partial charge in [-0.15, -0.1) is 0 Å². The topological polar surface area (TPSA) is 47.1 Å². The molecule has 1 saturated carbocycles. The second-order valence-electron chi connectivity index (χ2n) is 5.64. The summed E-state index contributed by atoms with van der Waals surface area (Å²) in [5.74, 6) is 2.01. The lowest BCUT2D eigenvalue weighted by atomic mass is 9.84. The number of nitrogens with two attached hydrogens (primary N) is 1. The third-order valence-electron chi connectivity index (χ3n) is 4.51. The van der Waals surface area contributed by atoms with Crippen LogP contribution in [0, 0.1) is 12.8 Å². The molecule has 0 spiro atoms. The molecule has 0 radical (unpaired) electrons. The van der Waals surface area contributed by atoms with Crippen LogP contribution in [0.5, 0.6) is 0 Å². The van der Waals surface area contributed by atoms with Gasteiger partial charge in [-0.2, -0.15) is 5.10 Å². The summed E-state index contributed by atoms with van der Waals surface area (Å²) in [5, 5.41) is 4.41. The first-order chi connectivity index (χ1) is 8.54. The number of aryl methyl sites for hydroxylation is 2. The van der Waals surface area contributed by atoms with Crippen LogP contribution in [0.25, 0.3) is 0 Å². The van der Waals surface area contributed by atoms with Crippen molar-refractivity contribution in [1.29, 1.82) is 0 Å². The SMILES string of the molecule is CCC1CCC(N(C)c2c(N)c(C)nn2C)CC1. The van der Waals surface area contributed by atoms with Crippen LogP contribution in [0.3, 0.4) is 0 Å². The highest BCUT2D eigenvalue weighted by molar-refractivity contribution is 5.66. The molecular weight excluding hydrogens is 224 g/mol. The van der Waals surface area contributed by atoms with E-state index in [9.17, 15) is 0 Å². The van der Waals surface area contributed by atoms with Crippen molar-refractivity contribution in [3.63, 3.8) is 0 Å². The zero-order valence-electron chi connectivity index (χ0n) is 12.1. The van der Waals surface area contributed by atoms with Crippen LogP contribution in [0.1, 0.15) is 44.7 Å². The highest BCUT2D eigenvalue weighted by Gasteiger charge is 2.26. The molecule has 0 aliphatic heterocycles. The summed E-state index contributed by atoms with van der Waals surface area (Å²) in [6, 6.07) is 0.616. The van der Waals surface area contributed by atoms with Crippen molar-refractivity contribution in [2.24, 2.45) is 13.0 Å². The van der Waals surface area contributed by atoms with E-state index in [1.54, 1.807) is 0 Å². The van der Waals surface area contributed by atoms with Gasteiger partial charge in [0.15, 0.2) is 0 Å². The summed E-state index contributed by atoms with van der Waals surface area (Å²) in [7, 11) is 4.14. The average Bonchev–Trinajstić information content (AvgIpc) is 2.63. The number of anilines is 2. The van der Waals surface area contributed by atoms with Crippen LogP contribution in [-0.2, 0) is 7.05 Å². The molecule has 1 fully saturated rings. The van der Waals surface area contributed by atoms with Crippen LogP contribution in [0.15, 0.2) is 0 Å². The second kappa shape index (κ2) is 5.21. The Morgan fingerprint density at radius 1 is 1.33 bits per heavy atom. The maximum atomic E-state index is 6.14. The lowest BCUT2D eigenvalue weighted by molar-refractivity contribution is 0.312. The molecule has 4 nitrogen and oxygen atoms in total. The van der Waals surface area contributed by atoms with E-state index in [2.05, 4.69) is 24.0 Å². The summed E-state index contributed by atoms with van der Waals surface area (Å²) >= 11 is 0. The van der Waals surface area contributed by atoms with Gasteiger partial charge in [0.25, 0.3) is 0 Å². The van der Waals surface area contributed by atoms with Gasteiger partial charge in [-0.05, 0) is 38.5 Å². The summed E-state index contributed by atoms with van der Waals surface area (Å²) in [6.45, 7) is 4.28. The number of nitrogens with zero attached hydrogens (tertiary/aromatic N) is 3. The molecule has 4 heteroatoms. The van der Waals surface area contributed by atoms with E-state index in [0.717, 1.165) is 23.1 Å². The zero-order valence-corrected chi connectivity index (χ0v) is 12.1. The third kappa shape index (κ3) is 2.33. The van der Waals surface area contributed by atoms with E-state index in [1.165, 1.54) is 32.1 Å². The summed E-state index contributed by atoms with van der Waals surface area (Å²) in [5.41, 5.74) is 7.90. The molecule has 2 rings (SSSR count). The van der Waals surface area contributed by atoms with Crippen LogP contribution >= 0.6 is 0 Å². The number of aromatic nitrogens is 2. The highest BCUT2D eigenvalue weighted by atomic mass is 15.4. The summed E-state index contributed by atoms with van der Waals surface area (Å²) < 4.78 is 1.91. The van der Waals surface area contributed by atoms with Crippen molar-refractivity contribution in [3.05, 3.63) is 5.69 Å². The molecule has 0 aromatic carbocycles. The van der Waals surface area contributed by atoms with Crippen molar-refractivity contribution in [1.82, 2.24) is 9.78 Å². The molecule has 18 heavy (non-hydrogen) atoms. The molecule has 0 bridgehead atoms. The first-order valence-electron chi connectivity index (χ1n) is 7.06. The molecule has 1 aliphatic carbocycles. The molecular formula is C14H26N4. The second-order valence-corrected chi connectivity index (χ2v) is 5.64. The van der Waals surface area contributed by atoms with Crippen molar-refractivity contribution >= 4 is 11.5 Å². The predicted octanol–water partition coefficient (Wildman–Crippen LogP) is 2.72. The molecule has 1 heterocycles. The van der Waals surface area contributed by atoms with Crippen LogP contribution in [0.4, 0.5) is 11.5 Å². The first-order valence-corrected chi connectivity index (χ1v) is 7.06. The van der Waals surface area contributed by atoms with Crippen molar-refractivity contribution in [2.75, 3.05) is 17.7 Å². The van der Waals surface area contributed by atoms with E-state index in [4.69, 9.17) is 5.73 Å². The largest absolute Gasteiger partial charge is 0.394 e. The minimum absolute atomic E-state index is 0.616. The molecule has 0 unspecified atom stereocenters. The Bertz CT molecular complexity index is 402. The van der Waals surface area contributed by atoms with Crippen molar-refractivity contribution < 1.29 is 0 Å². The molecule has 1 aliphatic rings. The third-order valence-corrected chi connectivity index (χ3v) is 4.51. The molecule has 2 N–H and O–H groups in total. The maximum absolute atomic E-state index is 6.14. The maximum Gasteiger partial charge on any atom is 0.150 e. The monoisotopic (exact) mass is 250 g/mol. The van der Waals surface area contributed by atoms with E-state index in [-0.39, 0.29) is 0 Å².